The third-order valence-corrected chi connectivity index (χ3v) is 12.8. The number of phosphoric acid groups is 1. The molecule has 0 aliphatic carbocycles. The number of esters is 1. The molecular weight excluding hydrogens is 818 g/mol. The lowest BCUT2D eigenvalue weighted by molar-refractivity contribution is -0.147. The Hall–Kier alpha value is -1.78. The number of carbonyl (C=O) groups is 3. The highest BCUT2D eigenvalue weighted by Gasteiger charge is 2.28. The predicted octanol–water partition coefficient (Wildman–Crippen LogP) is 14.4. The summed E-state index contributed by atoms with van der Waals surface area (Å²) in [5.41, 5.74) is 0. The van der Waals surface area contributed by atoms with Crippen molar-refractivity contribution in [3.05, 3.63) is 12.2 Å². The number of carbonyl (C=O) groups excluding carboxylic acids is 2. The number of nitrogens with one attached hydrogen (secondary N) is 1. The monoisotopic (exact) mass is 916 g/mol. The number of aliphatic hydroxyl groups excluding tert-OH is 1. The van der Waals surface area contributed by atoms with Gasteiger partial charge in [0.05, 0.1) is 13.2 Å². The van der Waals surface area contributed by atoms with Crippen molar-refractivity contribution in [1.29, 1.82) is 0 Å². The number of carboxylic acids is 1. The van der Waals surface area contributed by atoms with Crippen LogP contribution in [0.3, 0.4) is 0 Å². The highest BCUT2D eigenvalue weighted by Crippen LogP contribution is 2.43. The summed E-state index contributed by atoms with van der Waals surface area (Å²) in [4.78, 5) is 46.1. The maximum absolute atomic E-state index is 12.4. The molecule has 12 heteroatoms. The summed E-state index contributed by atoms with van der Waals surface area (Å²) in [7, 11) is -4.76. The number of carboxylic acid groups (broad SMARTS) is 1. The van der Waals surface area contributed by atoms with Crippen molar-refractivity contribution >= 4 is 25.7 Å². The average molecular weight is 916 g/mol. The molecule has 0 aliphatic heterocycles. The molecule has 0 rings (SSSR count). The van der Waals surface area contributed by atoms with Crippen LogP contribution < -0.4 is 5.32 Å². The smallest absolute Gasteiger partial charge is 0.472 e. The van der Waals surface area contributed by atoms with Gasteiger partial charge in [-0.3, -0.25) is 18.6 Å². The largest absolute Gasteiger partial charge is 0.480 e. The molecule has 0 aliphatic rings. The number of phosphoric ester groups is 1. The Kier molecular flexibility index (Phi) is 45.4. The Morgan fingerprint density at radius 2 is 0.825 bits per heavy atom. The number of amides is 1. The van der Waals surface area contributed by atoms with E-state index in [0.717, 1.165) is 57.8 Å². The van der Waals surface area contributed by atoms with Gasteiger partial charge in [0, 0.05) is 12.8 Å². The third-order valence-electron chi connectivity index (χ3n) is 11.8. The van der Waals surface area contributed by atoms with E-state index >= 15 is 0 Å². The van der Waals surface area contributed by atoms with Crippen molar-refractivity contribution in [2.24, 2.45) is 0 Å². The van der Waals surface area contributed by atoms with E-state index in [4.69, 9.17) is 13.8 Å². The minimum Gasteiger partial charge on any atom is -0.480 e. The van der Waals surface area contributed by atoms with E-state index in [1.54, 1.807) is 0 Å². The summed E-state index contributed by atoms with van der Waals surface area (Å²) >= 11 is 0. The topological polar surface area (TPSA) is 169 Å². The molecule has 1 amide bonds. The molecule has 3 unspecified atom stereocenters. The quantitative estimate of drug-likeness (QED) is 0.0199. The first-order valence-corrected chi connectivity index (χ1v) is 27.7. The molecule has 63 heavy (non-hydrogen) atoms. The van der Waals surface area contributed by atoms with Gasteiger partial charge in [0.15, 0.2) is 6.04 Å². The molecule has 11 nitrogen and oxygen atoms in total. The molecule has 0 saturated heterocycles. The molecule has 0 fully saturated rings. The normalized spacial score (nSPS) is 13.6. The van der Waals surface area contributed by atoms with Gasteiger partial charge in [-0.2, -0.15) is 0 Å². The van der Waals surface area contributed by atoms with E-state index in [-0.39, 0.29) is 12.8 Å². The van der Waals surface area contributed by atoms with Gasteiger partial charge in [-0.25, -0.2) is 9.36 Å². The molecule has 0 aromatic rings. The number of aliphatic carboxylic acids is 1. The highest BCUT2D eigenvalue weighted by molar-refractivity contribution is 7.47. The highest BCUT2D eigenvalue weighted by atomic mass is 31.2. The van der Waals surface area contributed by atoms with E-state index in [9.17, 15) is 34.1 Å². The van der Waals surface area contributed by atoms with E-state index in [1.165, 1.54) is 167 Å². The van der Waals surface area contributed by atoms with Crippen molar-refractivity contribution in [2.45, 2.75) is 276 Å². The molecule has 0 saturated carbocycles. The Morgan fingerprint density at radius 1 is 0.492 bits per heavy atom. The fraction of sp³-hybridized carbons (Fsp3) is 0.902. The third kappa shape index (κ3) is 46.5. The summed E-state index contributed by atoms with van der Waals surface area (Å²) in [5, 5.41) is 21.9. The fourth-order valence-corrected chi connectivity index (χ4v) is 8.50. The first-order chi connectivity index (χ1) is 30.6. The maximum atomic E-state index is 12.4. The number of rotatable bonds is 50. The Bertz CT molecular complexity index is 1120. The number of aliphatic hydroxyl groups is 1. The SMILES string of the molecule is CCCCCCCC/C=C\CCCCCCCC(=O)OCC(O)COP(=O)(O)OCC(NC(=O)CCCCCCCCCCCCCCCCCCCCCCCCCC)C(=O)O. The number of ether oxygens (including phenoxy) is 1. The van der Waals surface area contributed by atoms with Crippen LogP contribution in [-0.4, -0.2) is 64.9 Å². The van der Waals surface area contributed by atoms with Crippen molar-refractivity contribution < 1.29 is 47.8 Å². The molecular formula is C51H98NO10P. The van der Waals surface area contributed by atoms with Gasteiger partial charge in [0.2, 0.25) is 5.91 Å². The second-order valence-electron chi connectivity index (χ2n) is 18.1. The summed E-state index contributed by atoms with van der Waals surface area (Å²) < 4.78 is 26.9. The Morgan fingerprint density at radius 3 is 1.21 bits per heavy atom. The van der Waals surface area contributed by atoms with Crippen LogP contribution in [0, 0.1) is 0 Å². The first kappa shape index (κ1) is 61.2. The molecule has 0 spiro atoms. The van der Waals surface area contributed by atoms with Gasteiger partial charge in [0.25, 0.3) is 0 Å². The Balaban J connectivity index is 3.77. The van der Waals surface area contributed by atoms with Crippen LogP contribution in [0.5, 0.6) is 0 Å². The summed E-state index contributed by atoms with van der Waals surface area (Å²) in [6.07, 6.45) is 49.6. The van der Waals surface area contributed by atoms with Crippen LogP contribution in [0.4, 0.5) is 0 Å². The standard InChI is InChI=1S/C51H98NO10P/c1-3-5-7-9-11-13-15-17-19-20-21-22-23-24-25-26-27-29-30-32-34-36-38-40-42-49(54)52-48(51(56)57)46-62-63(58,59)61-45-47(53)44-60-50(55)43-41-39-37-35-33-31-28-18-16-14-12-10-8-6-4-2/h18,28,47-48,53H,3-17,19-27,29-46H2,1-2H3,(H,52,54)(H,56,57)(H,58,59)/b28-18-. The van der Waals surface area contributed by atoms with Crippen molar-refractivity contribution in [1.82, 2.24) is 5.32 Å². The fourth-order valence-electron chi connectivity index (χ4n) is 7.72. The van der Waals surface area contributed by atoms with Crippen molar-refractivity contribution in [3.8, 4) is 0 Å². The Labute approximate surface area is 386 Å². The summed E-state index contributed by atoms with van der Waals surface area (Å²) in [5.74, 6) is -2.36. The van der Waals surface area contributed by atoms with Crippen LogP contribution in [0.1, 0.15) is 264 Å². The van der Waals surface area contributed by atoms with Crippen LogP contribution in [0.2, 0.25) is 0 Å². The van der Waals surface area contributed by atoms with E-state index < -0.39 is 57.6 Å². The summed E-state index contributed by atoms with van der Waals surface area (Å²) in [6.45, 7) is 2.63. The van der Waals surface area contributed by atoms with Crippen LogP contribution >= 0.6 is 7.82 Å². The number of unbranched alkanes of at least 4 members (excludes halogenated alkanes) is 34. The minimum absolute atomic E-state index is 0.151. The zero-order valence-electron chi connectivity index (χ0n) is 40.7. The maximum Gasteiger partial charge on any atom is 0.472 e. The number of allylic oxidation sites excluding steroid dienone is 2. The van der Waals surface area contributed by atoms with Gasteiger partial charge < -0.3 is 25.2 Å². The van der Waals surface area contributed by atoms with Gasteiger partial charge in [-0.05, 0) is 38.5 Å². The van der Waals surface area contributed by atoms with Gasteiger partial charge in [0.1, 0.15) is 12.7 Å². The van der Waals surface area contributed by atoms with Gasteiger partial charge >= 0.3 is 19.8 Å². The predicted molar refractivity (Wildman–Crippen MR) is 259 cm³/mol. The van der Waals surface area contributed by atoms with Crippen molar-refractivity contribution in [3.63, 3.8) is 0 Å². The minimum atomic E-state index is -4.76. The summed E-state index contributed by atoms with van der Waals surface area (Å²) in [6, 6.07) is -1.54. The molecule has 3 atom stereocenters. The average Bonchev–Trinajstić information content (AvgIpc) is 3.26. The van der Waals surface area contributed by atoms with Gasteiger partial charge in [-0.15, -0.1) is 0 Å². The zero-order valence-corrected chi connectivity index (χ0v) is 41.5. The zero-order chi connectivity index (χ0) is 46.3. The molecule has 0 aromatic heterocycles. The van der Waals surface area contributed by atoms with Crippen molar-refractivity contribution in [2.75, 3.05) is 19.8 Å². The molecule has 0 radical (unpaired) electrons. The van der Waals surface area contributed by atoms with Crippen LogP contribution in [0.25, 0.3) is 0 Å². The lowest BCUT2D eigenvalue weighted by atomic mass is 10.0. The van der Waals surface area contributed by atoms with Crippen LogP contribution in [-0.2, 0) is 32.7 Å². The second kappa shape index (κ2) is 46.7. The van der Waals surface area contributed by atoms with E-state index in [1.807, 2.05) is 0 Å². The number of hydrogen-bond acceptors (Lipinski definition) is 8. The lowest BCUT2D eigenvalue weighted by Crippen LogP contribution is -2.43. The molecule has 0 bridgehead atoms. The second-order valence-corrected chi connectivity index (χ2v) is 19.5. The van der Waals surface area contributed by atoms with E-state index in [0.29, 0.717) is 12.8 Å². The molecule has 372 valence electrons. The molecule has 0 heterocycles. The number of hydrogen-bond donors (Lipinski definition) is 4. The molecule has 0 aromatic carbocycles. The molecule has 4 N–H and O–H groups in total. The lowest BCUT2D eigenvalue weighted by Gasteiger charge is -2.18. The van der Waals surface area contributed by atoms with Gasteiger partial charge in [-0.1, -0.05) is 225 Å². The van der Waals surface area contributed by atoms with Crippen LogP contribution in [0.15, 0.2) is 12.2 Å². The first-order valence-electron chi connectivity index (χ1n) is 26.2. The van der Waals surface area contributed by atoms with E-state index in [2.05, 4.69) is 31.3 Å².